The Labute approximate surface area is 184 Å². The number of hydrogen-bond acceptors (Lipinski definition) is 4. The lowest BCUT2D eigenvalue weighted by atomic mass is 10.00. The summed E-state index contributed by atoms with van der Waals surface area (Å²) >= 11 is 0. The van der Waals surface area contributed by atoms with E-state index in [0.29, 0.717) is 5.92 Å². The van der Waals surface area contributed by atoms with E-state index in [9.17, 15) is 18.0 Å². The summed E-state index contributed by atoms with van der Waals surface area (Å²) in [5.41, 5.74) is 1.70. The molecule has 0 bridgehead atoms. The Kier molecular flexibility index (Phi) is 7.29. The van der Waals surface area contributed by atoms with Crippen LogP contribution in [0.25, 0.3) is 5.69 Å². The number of aromatic nitrogens is 3. The van der Waals surface area contributed by atoms with E-state index in [4.69, 9.17) is 0 Å². The number of carbonyl (C=O) groups is 1. The fraction of sp³-hybridized carbons (Fsp3) is 0.348. The summed E-state index contributed by atoms with van der Waals surface area (Å²) in [4.78, 5) is 16.3. The van der Waals surface area contributed by atoms with Gasteiger partial charge in [-0.15, -0.1) is 0 Å². The number of hydrogen-bond donors (Lipinski definition) is 2. The van der Waals surface area contributed by atoms with Crippen LogP contribution >= 0.6 is 0 Å². The van der Waals surface area contributed by atoms with E-state index >= 15 is 0 Å². The van der Waals surface area contributed by atoms with Crippen LogP contribution in [0.2, 0.25) is 0 Å². The van der Waals surface area contributed by atoms with Crippen molar-refractivity contribution < 1.29 is 18.0 Å². The monoisotopic (exact) mass is 445 g/mol. The summed E-state index contributed by atoms with van der Waals surface area (Å²) < 4.78 is 40.8. The molecule has 0 aliphatic rings. The van der Waals surface area contributed by atoms with Crippen LogP contribution in [0.3, 0.4) is 0 Å². The zero-order valence-electron chi connectivity index (χ0n) is 18.1. The number of rotatable bonds is 8. The standard InChI is InChI=1S/C23H26F3N5O/c1-15(2)10-17-4-6-18(7-5-17)16(3)28-12-22(32)30-20-11-19(23(24,25)26)8-9-21(20)31-14-27-13-29-31/h4-9,11,13-16,28H,10,12H2,1-3H3,(H,30,32)/t16-/m1/s1. The summed E-state index contributed by atoms with van der Waals surface area (Å²) in [6, 6.07) is 11.2. The Bertz CT molecular complexity index is 1030. The van der Waals surface area contributed by atoms with Crippen molar-refractivity contribution in [3.63, 3.8) is 0 Å². The van der Waals surface area contributed by atoms with E-state index in [-0.39, 0.29) is 24.0 Å². The van der Waals surface area contributed by atoms with Crippen molar-refractivity contribution in [3.05, 3.63) is 71.8 Å². The summed E-state index contributed by atoms with van der Waals surface area (Å²) in [6.07, 6.45) is -0.926. The number of halogens is 3. The Morgan fingerprint density at radius 3 is 2.41 bits per heavy atom. The van der Waals surface area contributed by atoms with Crippen LogP contribution in [0, 0.1) is 5.92 Å². The molecule has 0 spiro atoms. The molecular weight excluding hydrogens is 419 g/mol. The van der Waals surface area contributed by atoms with Crippen molar-refractivity contribution >= 4 is 11.6 Å². The minimum absolute atomic E-state index is 0.00261. The first-order valence-electron chi connectivity index (χ1n) is 10.3. The summed E-state index contributed by atoms with van der Waals surface area (Å²) in [5, 5.41) is 9.61. The van der Waals surface area contributed by atoms with E-state index in [2.05, 4.69) is 46.7 Å². The number of benzene rings is 2. The summed E-state index contributed by atoms with van der Waals surface area (Å²) in [5.74, 6) is 0.104. The maximum atomic E-state index is 13.2. The van der Waals surface area contributed by atoms with Crippen LogP contribution in [0.5, 0.6) is 0 Å². The number of alkyl halides is 3. The SMILES string of the molecule is CC(C)Cc1ccc([C@@H](C)NCC(=O)Nc2cc(C(F)(F)F)ccc2-n2cncn2)cc1. The Hall–Kier alpha value is -3.20. The van der Waals surface area contributed by atoms with Crippen molar-refractivity contribution in [1.29, 1.82) is 0 Å². The van der Waals surface area contributed by atoms with Crippen LogP contribution in [0.1, 0.15) is 43.5 Å². The number of nitrogens with one attached hydrogen (secondary N) is 2. The summed E-state index contributed by atoms with van der Waals surface area (Å²) in [6.45, 7) is 6.18. The van der Waals surface area contributed by atoms with E-state index in [1.54, 1.807) is 0 Å². The van der Waals surface area contributed by atoms with Crippen LogP contribution < -0.4 is 10.6 Å². The molecule has 9 heteroatoms. The van der Waals surface area contributed by atoms with Gasteiger partial charge in [0, 0.05) is 6.04 Å². The molecule has 3 aromatic rings. The van der Waals surface area contributed by atoms with Gasteiger partial charge in [0.1, 0.15) is 12.7 Å². The highest BCUT2D eigenvalue weighted by molar-refractivity contribution is 5.94. The second-order valence-corrected chi connectivity index (χ2v) is 8.06. The average molecular weight is 445 g/mol. The quantitative estimate of drug-likeness (QED) is 0.524. The molecule has 0 radical (unpaired) electrons. The number of amides is 1. The predicted octanol–water partition coefficient (Wildman–Crippen LogP) is 4.77. The first kappa shape index (κ1) is 23.5. The van der Waals surface area contributed by atoms with Crippen molar-refractivity contribution in [2.45, 2.75) is 39.4 Å². The minimum atomic E-state index is -4.53. The van der Waals surface area contributed by atoms with Gasteiger partial charge in [-0.2, -0.15) is 18.3 Å². The molecule has 1 aromatic heterocycles. The lowest BCUT2D eigenvalue weighted by molar-refractivity contribution is -0.137. The zero-order chi connectivity index (χ0) is 23.3. The molecule has 1 amide bonds. The Morgan fingerprint density at radius 1 is 1.09 bits per heavy atom. The van der Waals surface area contributed by atoms with Crippen molar-refractivity contribution in [3.8, 4) is 5.69 Å². The van der Waals surface area contributed by atoms with Gasteiger partial charge in [-0.1, -0.05) is 38.1 Å². The van der Waals surface area contributed by atoms with Crippen molar-refractivity contribution in [1.82, 2.24) is 20.1 Å². The predicted molar refractivity (Wildman–Crippen MR) is 116 cm³/mol. The van der Waals surface area contributed by atoms with Gasteiger partial charge in [-0.25, -0.2) is 9.67 Å². The highest BCUT2D eigenvalue weighted by Crippen LogP contribution is 2.33. The molecule has 2 aromatic carbocycles. The third-order valence-corrected chi connectivity index (χ3v) is 4.96. The molecule has 2 N–H and O–H groups in total. The molecule has 32 heavy (non-hydrogen) atoms. The smallest absolute Gasteiger partial charge is 0.323 e. The van der Waals surface area contributed by atoms with E-state index in [1.807, 2.05) is 19.1 Å². The molecule has 0 aliphatic carbocycles. The molecule has 0 fully saturated rings. The third-order valence-electron chi connectivity index (χ3n) is 4.96. The molecule has 0 unspecified atom stereocenters. The van der Waals surface area contributed by atoms with Crippen LogP contribution in [-0.2, 0) is 17.4 Å². The molecule has 0 saturated heterocycles. The highest BCUT2D eigenvalue weighted by Gasteiger charge is 2.31. The van der Waals surface area contributed by atoms with Gasteiger partial charge < -0.3 is 10.6 Å². The normalized spacial score (nSPS) is 12.7. The molecule has 3 rings (SSSR count). The Balaban J connectivity index is 1.67. The summed E-state index contributed by atoms with van der Waals surface area (Å²) in [7, 11) is 0. The van der Waals surface area contributed by atoms with Gasteiger partial charge in [-0.3, -0.25) is 4.79 Å². The maximum Gasteiger partial charge on any atom is 0.416 e. The molecule has 170 valence electrons. The minimum Gasteiger partial charge on any atom is -0.323 e. The average Bonchev–Trinajstić information content (AvgIpc) is 3.26. The van der Waals surface area contributed by atoms with E-state index in [1.165, 1.54) is 29.0 Å². The van der Waals surface area contributed by atoms with Crippen molar-refractivity contribution in [2.75, 3.05) is 11.9 Å². The van der Waals surface area contributed by atoms with Gasteiger partial charge in [0.05, 0.1) is 23.5 Å². The maximum absolute atomic E-state index is 13.2. The number of anilines is 1. The zero-order valence-corrected chi connectivity index (χ0v) is 18.1. The van der Waals surface area contributed by atoms with Gasteiger partial charge in [0.2, 0.25) is 5.91 Å². The topological polar surface area (TPSA) is 71.8 Å². The second-order valence-electron chi connectivity index (χ2n) is 8.06. The molecule has 6 nitrogen and oxygen atoms in total. The van der Waals surface area contributed by atoms with Crippen LogP contribution in [-0.4, -0.2) is 27.2 Å². The van der Waals surface area contributed by atoms with Gasteiger partial charge in [0.25, 0.3) is 0 Å². The Morgan fingerprint density at radius 2 is 1.81 bits per heavy atom. The van der Waals surface area contributed by atoms with Gasteiger partial charge >= 0.3 is 6.18 Å². The first-order chi connectivity index (χ1) is 15.1. The second kappa shape index (κ2) is 9.95. The largest absolute Gasteiger partial charge is 0.416 e. The third kappa shape index (κ3) is 6.16. The lowest BCUT2D eigenvalue weighted by Gasteiger charge is -2.17. The van der Waals surface area contributed by atoms with Gasteiger partial charge in [0.15, 0.2) is 0 Å². The fourth-order valence-electron chi connectivity index (χ4n) is 3.32. The molecule has 0 saturated carbocycles. The molecule has 1 heterocycles. The first-order valence-corrected chi connectivity index (χ1v) is 10.3. The fourth-order valence-corrected chi connectivity index (χ4v) is 3.32. The molecular formula is C23H26F3N5O. The lowest BCUT2D eigenvalue weighted by Crippen LogP contribution is -2.30. The highest BCUT2D eigenvalue weighted by atomic mass is 19.4. The number of nitrogens with zero attached hydrogens (tertiary/aromatic N) is 3. The van der Waals surface area contributed by atoms with Gasteiger partial charge in [-0.05, 0) is 48.6 Å². The molecule has 1 atom stereocenters. The van der Waals surface area contributed by atoms with E-state index in [0.717, 1.165) is 24.1 Å². The van der Waals surface area contributed by atoms with Crippen LogP contribution in [0.4, 0.5) is 18.9 Å². The number of carbonyl (C=O) groups excluding carboxylic acids is 1. The van der Waals surface area contributed by atoms with Crippen LogP contribution in [0.15, 0.2) is 55.1 Å². The molecule has 0 aliphatic heterocycles. The van der Waals surface area contributed by atoms with E-state index < -0.39 is 17.6 Å². The van der Waals surface area contributed by atoms with Crippen molar-refractivity contribution in [2.24, 2.45) is 5.92 Å².